The summed E-state index contributed by atoms with van der Waals surface area (Å²) in [6, 6.07) is 5.67. The van der Waals surface area contributed by atoms with Crippen LogP contribution in [0.1, 0.15) is 31.2 Å². The molecule has 0 aliphatic rings. The minimum absolute atomic E-state index is 0.0381. The van der Waals surface area contributed by atoms with E-state index in [-0.39, 0.29) is 18.3 Å². The van der Waals surface area contributed by atoms with E-state index in [4.69, 9.17) is 16.3 Å². The molecule has 1 aromatic carbocycles. The summed E-state index contributed by atoms with van der Waals surface area (Å²) in [4.78, 5) is 12.1. The number of unbranched alkanes of at least 4 members (excludes halogenated alkanes) is 1. The summed E-state index contributed by atoms with van der Waals surface area (Å²) >= 11 is 7.43. The van der Waals surface area contributed by atoms with E-state index in [0.717, 1.165) is 24.1 Å². The molecule has 0 aliphatic heterocycles. The molecule has 0 spiro atoms. The van der Waals surface area contributed by atoms with E-state index in [1.54, 1.807) is 15.6 Å². The second kappa shape index (κ2) is 9.65. The Bertz CT molecular complexity index is 943. The third-order valence-corrected chi connectivity index (χ3v) is 5.28. The number of carbonyl (C=O) groups excluding carboxylic acids is 1. The van der Waals surface area contributed by atoms with Crippen molar-refractivity contribution in [2.24, 2.45) is 0 Å². The summed E-state index contributed by atoms with van der Waals surface area (Å²) in [6.07, 6.45) is 3.57. The van der Waals surface area contributed by atoms with Gasteiger partial charge in [-0.3, -0.25) is 9.36 Å². The van der Waals surface area contributed by atoms with Gasteiger partial charge in [-0.25, -0.2) is 4.68 Å². The van der Waals surface area contributed by atoms with Crippen molar-refractivity contribution in [3.63, 3.8) is 0 Å². The Balaban J connectivity index is 1.55. The second-order valence-electron chi connectivity index (χ2n) is 6.04. The van der Waals surface area contributed by atoms with Crippen molar-refractivity contribution < 1.29 is 9.53 Å². The largest absolute Gasteiger partial charge is 0.457 e. The molecule has 2 heterocycles. The molecule has 0 bridgehead atoms. The molecule has 0 saturated heterocycles. The Morgan fingerprint density at radius 2 is 2.18 bits per heavy atom. The van der Waals surface area contributed by atoms with Gasteiger partial charge in [-0.2, -0.15) is 0 Å². The maximum Gasteiger partial charge on any atom is 0.316 e. The zero-order valence-corrected chi connectivity index (χ0v) is 17.2. The number of tetrazole rings is 1. The van der Waals surface area contributed by atoms with E-state index in [0.29, 0.717) is 22.5 Å². The fourth-order valence-corrected chi connectivity index (χ4v) is 3.25. The van der Waals surface area contributed by atoms with Gasteiger partial charge in [0, 0.05) is 11.6 Å². The van der Waals surface area contributed by atoms with Crippen LogP contribution >= 0.6 is 23.4 Å². The van der Waals surface area contributed by atoms with Crippen molar-refractivity contribution >= 4 is 29.3 Å². The van der Waals surface area contributed by atoms with Gasteiger partial charge in [0.25, 0.3) is 0 Å². The highest BCUT2D eigenvalue weighted by Gasteiger charge is 2.13. The molecule has 9 nitrogen and oxygen atoms in total. The molecule has 0 radical (unpaired) electrons. The number of nitrogens with zero attached hydrogens (tertiary/aromatic N) is 7. The summed E-state index contributed by atoms with van der Waals surface area (Å²) in [7, 11) is 0. The molecule has 28 heavy (non-hydrogen) atoms. The maximum absolute atomic E-state index is 12.1. The van der Waals surface area contributed by atoms with Crippen LogP contribution in [-0.2, 0) is 22.7 Å². The summed E-state index contributed by atoms with van der Waals surface area (Å²) in [5, 5.41) is 20.6. The number of aryl methyl sites for hydroxylation is 2. The maximum atomic E-state index is 12.1. The predicted octanol–water partition coefficient (Wildman–Crippen LogP) is 2.85. The Labute approximate surface area is 171 Å². The van der Waals surface area contributed by atoms with Crippen LogP contribution in [0.3, 0.4) is 0 Å². The van der Waals surface area contributed by atoms with E-state index in [1.165, 1.54) is 11.8 Å². The number of rotatable bonds is 9. The van der Waals surface area contributed by atoms with Gasteiger partial charge in [-0.1, -0.05) is 42.8 Å². The minimum atomic E-state index is -0.383. The van der Waals surface area contributed by atoms with Gasteiger partial charge in [-0.15, -0.1) is 15.3 Å². The van der Waals surface area contributed by atoms with Gasteiger partial charge in [0.2, 0.25) is 0 Å². The van der Waals surface area contributed by atoms with E-state index in [2.05, 4.69) is 32.6 Å². The van der Waals surface area contributed by atoms with Gasteiger partial charge >= 0.3 is 5.97 Å². The molecule has 0 unspecified atom stereocenters. The van der Waals surface area contributed by atoms with Gasteiger partial charge in [0.15, 0.2) is 17.6 Å². The first-order chi connectivity index (χ1) is 13.6. The highest BCUT2D eigenvalue weighted by atomic mass is 35.5. The summed E-state index contributed by atoms with van der Waals surface area (Å²) in [6.45, 7) is 4.76. The first-order valence-corrected chi connectivity index (χ1v) is 10.1. The van der Waals surface area contributed by atoms with Crippen molar-refractivity contribution in [2.75, 3.05) is 5.75 Å². The van der Waals surface area contributed by atoms with E-state index < -0.39 is 0 Å². The number of esters is 1. The first kappa shape index (κ1) is 20.3. The zero-order chi connectivity index (χ0) is 19.9. The topological polar surface area (TPSA) is 101 Å². The van der Waals surface area contributed by atoms with E-state index in [1.807, 2.05) is 25.1 Å². The van der Waals surface area contributed by atoms with E-state index >= 15 is 0 Å². The number of benzene rings is 1. The van der Waals surface area contributed by atoms with Crippen LogP contribution in [0, 0.1) is 6.92 Å². The molecule has 0 saturated carbocycles. The lowest BCUT2D eigenvalue weighted by Gasteiger charge is -2.08. The highest BCUT2D eigenvalue weighted by molar-refractivity contribution is 7.99. The number of halogens is 1. The molecule has 0 fully saturated rings. The SMILES string of the molecule is CCCCn1nnnc1COC(=O)CSc1nncn1-c1ccc(C)c(Cl)c1. The fourth-order valence-electron chi connectivity index (χ4n) is 2.35. The molecule has 3 rings (SSSR count). The van der Waals surface area contributed by atoms with Crippen LogP contribution in [0.2, 0.25) is 5.02 Å². The molecule has 11 heteroatoms. The lowest BCUT2D eigenvalue weighted by molar-refractivity contribution is -0.142. The van der Waals surface area contributed by atoms with Crippen LogP contribution in [0.25, 0.3) is 5.69 Å². The minimum Gasteiger partial charge on any atom is -0.457 e. The molecular weight excluding hydrogens is 402 g/mol. The first-order valence-electron chi connectivity index (χ1n) is 8.78. The molecule has 0 atom stereocenters. The van der Waals surface area contributed by atoms with Crippen LogP contribution in [0.15, 0.2) is 29.7 Å². The third kappa shape index (κ3) is 5.08. The average molecular weight is 422 g/mol. The summed E-state index contributed by atoms with van der Waals surface area (Å²) in [5.74, 6) is 0.241. The van der Waals surface area contributed by atoms with Gasteiger partial charge in [0.05, 0.1) is 11.4 Å². The Hall–Kier alpha value is -2.46. The van der Waals surface area contributed by atoms with Gasteiger partial charge < -0.3 is 4.74 Å². The Kier molecular flexibility index (Phi) is 6.99. The van der Waals surface area contributed by atoms with Crippen LogP contribution in [-0.4, -0.2) is 46.7 Å². The van der Waals surface area contributed by atoms with Crippen molar-refractivity contribution in [2.45, 2.75) is 45.0 Å². The lowest BCUT2D eigenvalue weighted by atomic mass is 10.2. The van der Waals surface area contributed by atoms with Crippen LogP contribution in [0.4, 0.5) is 0 Å². The smallest absolute Gasteiger partial charge is 0.316 e. The Morgan fingerprint density at radius 3 is 2.96 bits per heavy atom. The molecular formula is C17H20ClN7O2S. The monoisotopic (exact) mass is 421 g/mol. The zero-order valence-electron chi connectivity index (χ0n) is 15.6. The average Bonchev–Trinajstić information content (AvgIpc) is 3.34. The number of aromatic nitrogens is 7. The normalized spacial score (nSPS) is 11.0. The number of ether oxygens (including phenoxy) is 1. The quantitative estimate of drug-likeness (QED) is 0.384. The van der Waals surface area contributed by atoms with E-state index in [9.17, 15) is 4.79 Å². The molecule has 3 aromatic rings. The van der Waals surface area contributed by atoms with Crippen molar-refractivity contribution in [3.05, 3.63) is 40.9 Å². The van der Waals surface area contributed by atoms with Crippen LogP contribution in [0.5, 0.6) is 0 Å². The number of carbonyl (C=O) groups is 1. The highest BCUT2D eigenvalue weighted by Crippen LogP contribution is 2.23. The molecule has 0 aliphatic carbocycles. The fraction of sp³-hybridized carbons (Fsp3) is 0.412. The van der Waals surface area contributed by atoms with Gasteiger partial charge in [0.1, 0.15) is 6.33 Å². The molecule has 0 amide bonds. The number of hydrogen-bond acceptors (Lipinski definition) is 8. The number of thioether (sulfide) groups is 1. The standard InChI is InChI=1S/C17H20ClN7O2S/c1-3-4-7-25-15(20-22-23-25)9-27-16(26)10-28-17-21-19-11-24(17)13-6-5-12(2)14(18)8-13/h5-6,8,11H,3-4,7,9-10H2,1-2H3. The predicted molar refractivity (Wildman–Crippen MR) is 104 cm³/mol. The van der Waals surface area contributed by atoms with Crippen LogP contribution < -0.4 is 0 Å². The van der Waals surface area contributed by atoms with Crippen molar-refractivity contribution in [1.82, 2.24) is 35.0 Å². The molecule has 148 valence electrons. The summed E-state index contributed by atoms with van der Waals surface area (Å²) < 4.78 is 8.71. The molecule has 2 aromatic heterocycles. The second-order valence-corrected chi connectivity index (χ2v) is 7.39. The summed E-state index contributed by atoms with van der Waals surface area (Å²) in [5.41, 5.74) is 1.81. The lowest BCUT2D eigenvalue weighted by Crippen LogP contribution is -2.12. The van der Waals surface area contributed by atoms with Crippen molar-refractivity contribution in [1.29, 1.82) is 0 Å². The van der Waals surface area contributed by atoms with Crippen molar-refractivity contribution in [3.8, 4) is 5.69 Å². The number of hydrogen-bond donors (Lipinski definition) is 0. The Morgan fingerprint density at radius 1 is 1.32 bits per heavy atom. The third-order valence-electron chi connectivity index (χ3n) is 3.96. The van der Waals surface area contributed by atoms with Gasteiger partial charge in [-0.05, 0) is 41.5 Å². The molecule has 0 N–H and O–H groups in total.